The van der Waals surface area contributed by atoms with E-state index in [0.29, 0.717) is 50.4 Å². The first kappa shape index (κ1) is 17.4. The Balaban J connectivity index is 1.42. The van der Waals surface area contributed by atoms with E-state index < -0.39 is 5.79 Å². The fourth-order valence-corrected chi connectivity index (χ4v) is 3.96. The van der Waals surface area contributed by atoms with E-state index in [9.17, 15) is 9.59 Å². The first-order valence-electron chi connectivity index (χ1n) is 9.49. The van der Waals surface area contributed by atoms with Gasteiger partial charge in [0.2, 0.25) is 0 Å². The molecule has 0 aromatic carbocycles. The molecule has 1 aromatic heterocycles. The molecule has 3 saturated heterocycles. The Bertz CT molecular complexity index is 671. The molecule has 1 aromatic rings. The average molecular weight is 359 g/mol. The molecule has 140 valence electrons. The van der Waals surface area contributed by atoms with Crippen molar-refractivity contribution in [2.24, 2.45) is 0 Å². The lowest BCUT2D eigenvalue weighted by atomic mass is 10.0. The van der Waals surface area contributed by atoms with Crippen LogP contribution in [0.2, 0.25) is 0 Å². The van der Waals surface area contributed by atoms with Crippen LogP contribution in [0.4, 0.5) is 0 Å². The summed E-state index contributed by atoms with van der Waals surface area (Å²) in [5, 5.41) is 0. The molecule has 4 heterocycles. The zero-order valence-electron chi connectivity index (χ0n) is 15.0. The van der Waals surface area contributed by atoms with Crippen molar-refractivity contribution >= 4 is 11.8 Å². The highest BCUT2D eigenvalue weighted by Gasteiger charge is 2.41. The van der Waals surface area contributed by atoms with Crippen LogP contribution in [0.3, 0.4) is 0 Å². The second kappa shape index (κ2) is 7.32. The Morgan fingerprint density at radius 2 is 1.58 bits per heavy atom. The van der Waals surface area contributed by atoms with Gasteiger partial charge >= 0.3 is 0 Å². The third-order valence-corrected chi connectivity index (χ3v) is 5.50. The number of piperidine rings is 2. The van der Waals surface area contributed by atoms with Crippen LogP contribution in [0.25, 0.3) is 0 Å². The van der Waals surface area contributed by atoms with E-state index >= 15 is 0 Å². The van der Waals surface area contributed by atoms with Gasteiger partial charge in [-0.1, -0.05) is 0 Å². The molecule has 0 aliphatic carbocycles. The largest absolute Gasteiger partial charge is 0.347 e. The number of carbonyl (C=O) groups excluding carboxylic acids is 2. The summed E-state index contributed by atoms with van der Waals surface area (Å²) in [4.78, 5) is 33.3. The third kappa shape index (κ3) is 3.46. The standard InChI is InChI=1S/C19H25N3O4/c23-17(21-8-2-1-3-9-21)15-4-7-20-16(14-15)18(24)22-10-5-19(6-11-22)25-12-13-26-19/h4,7,14H,1-3,5-6,8-13H2. The molecule has 7 nitrogen and oxygen atoms in total. The lowest BCUT2D eigenvalue weighted by molar-refractivity contribution is -0.181. The van der Waals surface area contributed by atoms with Crippen LogP contribution in [0.1, 0.15) is 53.0 Å². The van der Waals surface area contributed by atoms with Crippen molar-refractivity contribution in [3.05, 3.63) is 29.6 Å². The Labute approximate surface area is 153 Å². The SMILES string of the molecule is O=C(c1ccnc(C(=O)N2CCC3(CC2)OCCO3)c1)N1CCCCC1. The van der Waals surface area contributed by atoms with Crippen LogP contribution < -0.4 is 0 Å². The molecule has 0 atom stereocenters. The van der Waals surface area contributed by atoms with Crippen molar-refractivity contribution in [2.75, 3.05) is 39.4 Å². The normalized spacial score (nSPS) is 22.6. The molecule has 0 saturated carbocycles. The monoisotopic (exact) mass is 359 g/mol. The van der Waals surface area contributed by atoms with Gasteiger partial charge in [-0.3, -0.25) is 14.6 Å². The van der Waals surface area contributed by atoms with Crippen LogP contribution in [-0.2, 0) is 9.47 Å². The molecule has 3 fully saturated rings. The second-order valence-corrected chi connectivity index (χ2v) is 7.18. The average Bonchev–Trinajstić information content (AvgIpc) is 3.16. The molecule has 2 amide bonds. The predicted molar refractivity (Wildman–Crippen MR) is 93.8 cm³/mol. The van der Waals surface area contributed by atoms with E-state index in [-0.39, 0.29) is 11.8 Å². The van der Waals surface area contributed by atoms with Crippen molar-refractivity contribution in [1.82, 2.24) is 14.8 Å². The van der Waals surface area contributed by atoms with E-state index in [0.717, 1.165) is 25.9 Å². The Kier molecular flexibility index (Phi) is 4.91. The summed E-state index contributed by atoms with van der Waals surface area (Å²) in [6.45, 7) is 3.97. The minimum atomic E-state index is -0.504. The summed E-state index contributed by atoms with van der Waals surface area (Å²) < 4.78 is 11.4. The van der Waals surface area contributed by atoms with Crippen LogP contribution in [0, 0.1) is 0 Å². The zero-order chi connectivity index (χ0) is 18.0. The highest BCUT2D eigenvalue weighted by atomic mass is 16.7. The molecule has 3 aliphatic rings. The van der Waals surface area contributed by atoms with E-state index in [1.54, 1.807) is 23.2 Å². The quantitative estimate of drug-likeness (QED) is 0.803. The Morgan fingerprint density at radius 3 is 2.27 bits per heavy atom. The van der Waals surface area contributed by atoms with E-state index in [1.165, 1.54) is 6.42 Å². The van der Waals surface area contributed by atoms with Gasteiger partial charge in [0.1, 0.15) is 5.69 Å². The molecule has 1 spiro atoms. The van der Waals surface area contributed by atoms with E-state index in [2.05, 4.69) is 4.98 Å². The van der Waals surface area contributed by atoms with Gasteiger partial charge in [0, 0.05) is 50.8 Å². The summed E-state index contributed by atoms with van der Waals surface area (Å²) >= 11 is 0. The van der Waals surface area contributed by atoms with Gasteiger partial charge in [-0.15, -0.1) is 0 Å². The number of aromatic nitrogens is 1. The smallest absolute Gasteiger partial charge is 0.272 e. The molecule has 0 N–H and O–H groups in total. The highest BCUT2D eigenvalue weighted by Crippen LogP contribution is 2.31. The van der Waals surface area contributed by atoms with E-state index in [4.69, 9.17) is 9.47 Å². The lowest BCUT2D eigenvalue weighted by Crippen LogP contribution is -2.47. The topological polar surface area (TPSA) is 72.0 Å². The molecular weight excluding hydrogens is 334 g/mol. The number of ether oxygens (including phenoxy) is 2. The number of hydrogen-bond donors (Lipinski definition) is 0. The minimum absolute atomic E-state index is 0.00787. The number of hydrogen-bond acceptors (Lipinski definition) is 5. The summed E-state index contributed by atoms with van der Waals surface area (Å²) in [5.41, 5.74) is 0.873. The fraction of sp³-hybridized carbons (Fsp3) is 0.632. The van der Waals surface area contributed by atoms with Gasteiger partial charge in [-0.2, -0.15) is 0 Å². The van der Waals surface area contributed by atoms with Gasteiger partial charge in [-0.05, 0) is 31.4 Å². The van der Waals surface area contributed by atoms with E-state index in [1.807, 2.05) is 4.90 Å². The first-order valence-corrected chi connectivity index (χ1v) is 9.49. The number of rotatable bonds is 2. The van der Waals surface area contributed by atoms with Gasteiger partial charge in [0.25, 0.3) is 11.8 Å². The van der Waals surface area contributed by atoms with Crippen molar-refractivity contribution in [3.8, 4) is 0 Å². The molecule has 0 unspecified atom stereocenters. The summed E-state index contributed by atoms with van der Waals surface area (Å²) in [7, 11) is 0. The maximum atomic E-state index is 12.8. The summed E-state index contributed by atoms with van der Waals surface area (Å²) in [6.07, 6.45) is 6.16. The number of amides is 2. The molecule has 3 aliphatic heterocycles. The predicted octanol–water partition coefficient (Wildman–Crippen LogP) is 1.69. The van der Waals surface area contributed by atoms with Crippen molar-refractivity contribution in [3.63, 3.8) is 0 Å². The molecule has 7 heteroatoms. The molecule has 0 bridgehead atoms. The minimum Gasteiger partial charge on any atom is -0.347 e. The zero-order valence-corrected chi connectivity index (χ0v) is 15.0. The number of carbonyl (C=O) groups is 2. The molecule has 26 heavy (non-hydrogen) atoms. The summed E-state index contributed by atoms with van der Waals surface area (Å²) in [5.74, 6) is -0.645. The van der Waals surface area contributed by atoms with Crippen molar-refractivity contribution < 1.29 is 19.1 Å². The number of likely N-dealkylation sites (tertiary alicyclic amines) is 2. The maximum absolute atomic E-state index is 12.8. The van der Waals surface area contributed by atoms with Crippen molar-refractivity contribution in [2.45, 2.75) is 37.9 Å². The fourth-order valence-electron chi connectivity index (χ4n) is 3.96. The first-order chi connectivity index (χ1) is 12.7. The third-order valence-electron chi connectivity index (χ3n) is 5.50. The Morgan fingerprint density at radius 1 is 0.923 bits per heavy atom. The second-order valence-electron chi connectivity index (χ2n) is 7.18. The number of nitrogens with zero attached hydrogens (tertiary/aromatic N) is 3. The Hall–Kier alpha value is -1.99. The molecule has 4 rings (SSSR count). The lowest BCUT2D eigenvalue weighted by Gasteiger charge is -2.37. The molecule has 0 radical (unpaired) electrons. The highest BCUT2D eigenvalue weighted by molar-refractivity contribution is 5.98. The van der Waals surface area contributed by atoms with Crippen molar-refractivity contribution in [1.29, 1.82) is 0 Å². The van der Waals surface area contributed by atoms with Crippen LogP contribution >= 0.6 is 0 Å². The van der Waals surface area contributed by atoms with Gasteiger partial charge in [0.15, 0.2) is 5.79 Å². The van der Waals surface area contributed by atoms with Crippen LogP contribution in [0.5, 0.6) is 0 Å². The van der Waals surface area contributed by atoms with Crippen LogP contribution in [-0.4, -0.2) is 71.8 Å². The van der Waals surface area contributed by atoms with Crippen LogP contribution in [0.15, 0.2) is 18.3 Å². The van der Waals surface area contributed by atoms with Gasteiger partial charge < -0.3 is 19.3 Å². The van der Waals surface area contributed by atoms with Gasteiger partial charge in [-0.25, -0.2) is 0 Å². The number of pyridine rings is 1. The summed E-state index contributed by atoms with van der Waals surface area (Å²) in [6, 6.07) is 3.32. The van der Waals surface area contributed by atoms with Gasteiger partial charge in [0.05, 0.1) is 13.2 Å². The maximum Gasteiger partial charge on any atom is 0.272 e. The molecular formula is C19H25N3O4.